The van der Waals surface area contributed by atoms with Crippen molar-refractivity contribution in [2.24, 2.45) is 11.8 Å². The highest BCUT2D eigenvalue weighted by molar-refractivity contribution is 5.78. The molecule has 2 unspecified atom stereocenters. The van der Waals surface area contributed by atoms with Crippen LogP contribution >= 0.6 is 0 Å². The normalized spacial score (nSPS) is 32.3. The molecule has 4 heteroatoms. The van der Waals surface area contributed by atoms with Crippen molar-refractivity contribution in [2.75, 3.05) is 26.2 Å². The van der Waals surface area contributed by atoms with Crippen LogP contribution in [0.25, 0.3) is 0 Å². The third-order valence-corrected chi connectivity index (χ3v) is 3.57. The van der Waals surface area contributed by atoms with E-state index >= 15 is 0 Å². The van der Waals surface area contributed by atoms with Crippen LogP contribution in [0, 0.1) is 11.8 Å². The molecule has 0 saturated carbocycles. The lowest BCUT2D eigenvalue weighted by Gasteiger charge is -2.31. The van der Waals surface area contributed by atoms with E-state index < -0.39 is 0 Å². The van der Waals surface area contributed by atoms with Gasteiger partial charge in [-0.05, 0) is 31.7 Å². The summed E-state index contributed by atoms with van der Waals surface area (Å²) >= 11 is 0. The van der Waals surface area contributed by atoms with Gasteiger partial charge in [0.25, 0.3) is 0 Å². The van der Waals surface area contributed by atoms with Crippen LogP contribution in [0.1, 0.15) is 32.6 Å². The van der Waals surface area contributed by atoms with Crippen LogP contribution < -0.4 is 10.7 Å². The van der Waals surface area contributed by atoms with Gasteiger partial charge in [-0.2, -0.15) is 0 Å². The number of hydrogen-bond donors (Lipinski definition) is 2. The average molecular weight is 225 g/mol. The molecule has 0 spiro atoms. The summed E-state index contributed by atoms with van der Waals surface area (Å²) in [5.41, 5.74) is 3.06. The van der Waals surface area contributed by atoms with Gasteiger partial charge >= 0.3 is 0 Å². The van der Waals surface area contributed by atoms with Crippen molar-refractivity contribution in [1.82, 2.24) is 15.8 Å². The lowest BCUT2D eigenvalue weighted by atomic mass is 9.91. The Kier molecular flexibility index (Phi) is 4.18. The maximum absolute atomic E-state index is 12.0. The topological polar surface area (TPSA) is 44.4 Å². The zero-order chi connectivity index (χ0) is 11.4. The maximum atomic E-state index is 12.0. The van der Waals surface area contributed by atoms with Gasteiger partial charge in [0.15, 0.2) is 0 Å². The van der Waals surface area contributed by atoms with E-state index in [4.69, 9.17) is 0 Å². The highest BCUT2D eigenvalue weighted by Gasteiger charge is 2.26. The number of hydrogen-bond acceptors (Lipinski definition) is 3. The first-order valence-electron chi connectivity index (χ1n) is 6.52. The van der Waals surface area contributed by atoms with Gasteiger partial charge in [0.05, 0.1) is 5.92 Å². The van der Waals surface area contributed by atoms with Crippen LogP contribution in [0.15, 0.2) is 0 Å². The molecule has 0 aromatic rings. The van der Waals surface area contributed by atoms with E-state index in [-0.39, 0.29) is 11.8 Å². The van der Waals surface area contributed by atoms with Crippen molar-refractivity contribution in [2.45, 2.75) is 32.6 Å². The van der Waals surface area contributed by atoms with E-state index in [1.807, 2.05) is 0 Å². The van der Waals surface area contributed by atoms with Crippen molar-refractivity contribution >= 4 is 5.91 Å². The fourth-order valence-electron chi connectivity index (χ4n) is 2.61. The van der Waals surface area contributed by atoms with Crippen LogP contribution in [-0.2, 0) is 4.79 Å². The molecule has 0 aromatic heterocycles. The molecular weight excluding hydrogens is 202 g/mol. The molecule has 2 heterocycles. The molecule has 92 valence electrons. The molecule has 2 aliphatic rings. The summed E-state index contributed by atoms with van der Waals surface area (Å²) in [5, 5.41) is 5.41. The number of rotatable bonds is 2. The van der Waals surface area contributed by atoms with Crippen LogP contribution in [-0.4, -0.2) is 37.1 Å². The second-order valence-corrected chi connectivity index (χ2v) is 5.22. The van der Waals surface area contributed by atoms with Crippen molar-refractivity contribution < 1.29 is 4.79 Å². The molecule has 2 N–H and O–H groups in total. The molecule has 16 heavy (non-hydrogen) atoms. The Morgan fingerprint density at radius 3 is 2.69 bits per heavy atom. The second kappa shape index (κ2) is 5.64. The van der Waals surface area contributed by atoms with Crippen molar-refractivity contribution in [3.8, 4) is 0 Å². The molecular formula is C12H23N3O. The SMILES string of the molecule is CC1CNCC(C(=O)NN2CCCCC2)C1. The van der Waals surface area contributed by atoms with E-state index in [9.17, 15) is 4.79 Å². The first-order chi connectivity index (χ1) is 7.75. The molecule has 2 atom stereocenters. The van der Waals surface area contributed by atoms with E-state index in [0.29, 0.717) is 5.92 Å². The molecule has 0 aliphatic carbocycles. The third kappa shape index (κ3) is 3.19. The van der Waals surface area contributed by atoms with E-state index in [1.165, 1.54) is 19.3 Å². The molecule has 2 aliphatic heterocycles. The fraction of sp³-hybridized carbons (Fsp3) is 0.917. The molecule has 2 fully saturated rings. The zero-order valence-corrected chi connectivity index (χ0v) is 10.2. The summed E-state index contributed by atoms with van der Waals surface area (Å²) in [7, 11) is 0. The Balaban J connectivity index is 1.77. The number of amides is 1. The van der Waals surface area contributed by atoms with Crippen LogP contribution in [0.3, 0.4) is 0 Å². The second-order valence-electron chi connectivity index (χ2n) is 5.22. The monoisotopic (exact) mass is 225 g/mol. The molecule has 4 nitrogen and oxygen atoms in total. The minimum absolute atomic E-state index is 0.158. The quantitative estimate of drug-likeness (QED) is 0.729. The van der Waals surface area contributed by atoms with Crippen molar-refractivity contribution in [3.63, 3.8) is 0 Å². The lowest BCUT2D eigenvalue weighted by Crippen LogP contribution is -2.50. The number of carbonyl (C=O) groups is 1. The van der Waals surface area contributed by atoms with E-state index in [2.05, 4.69) is 22.7 Å². The maximum Gasteiger partial charge on any atom is 0.238 e. The lowest BCUT2D eigenvalue weighted by molar-refractivity contribution is -0.131. The highest BCUT2D eigenvalue weighted by atomic mass is 16.2. The molecule has 0 aromatic carbocycles. The van der Waals surface area contributed by atoms with Crippen LogP contribution in [0.4, 0.5) is 0 Å². The summed E-state index contributed by atoms with van der Waals surface area (Å²) in [6.45, 7) is 6.12. The molecule has 0 bridgehead atoms. The first kappa shape index (κ1) is 11.9. The highest BCUT2D eigenvalue weighted by Crippen LogP contribution is 2.16. The fourth-order valence-corrected chi connectivity index (χ4v) is 2.61. The van der Waals surface area contributed by atoms with E-state index in [1.54, 1.807) is 0 Å². The zero-order valence-electron chi connectivity index (χ0n) is 10.2. The van der Waals surface area contributed by atoms with Gasteiger partial charge in [0, 0.05) is 19.6 Å². The van der Waals surface area contributed by atoms with Gasteiger partial charge in [-0.3, -0.25) is 10.2 Å². The van der Waals surface area contributed by atoms with Crippen LogP contribution in [0.5, 0.6) is 0 Å². The summed E-state index contributed by atoms with van der Waals surface area (Å²) in [5.74, 6) is 0.984. The van der Waals surface area contributed by atoms with E-state index in [0.717, 1.165) is 32.6 Å². The summed E-state index contributed by atoms with van der Waals surface area (Å²) in [6, 6.07) is 0. The molecule has 2 rings (SSSR count). The van der Waals surface area contributed by atoms with Crippen molar-refractivity contribution in [1.29, 1.82) is 0 Å². The smallest absolute Gasteiger partial charge is 0.238 e. The number of hydrazine groups is 1. The van der Waals surface area contributed by atoms with Gasteiger partial charge in [0.1, 0.15) is 0 Å². The summed E-state index contributed by atoms with van der Waals surface area (Å²) in [4.78, 5) is 12.0. The number of nitrogens with one attached hydrogen (secondary N) is 2. The molecule has 0 radical (unpaired) electrons. The first-order valence-corrected chi connectivity index (χ1v) is 6.52. The van der Waals surface area contributed by atoms with Crippen molar-refractivity contribution in [3.05, 3.63) is 0 Å². The Morgan fingerprint density at radius 2 is 2.00 bits per heavy atom. The van der Waals surface area contributed by atoms with Gasteiger partial charge in [-0.15, -0.1) is 0 Å². The van der Waals surface area contributed by atoms with Gasteiger partial charge in [-0.1, -0.05) is 13.3 Å². The number of nitrogens with zero attached hydrogens (tertiary/aromatic N) is 1. The number of carbonyl (C=O) groups excluding carboxylic acids is 1. The minimum Gasteiger partial charge on any atom is -0.316 e. The number of piperidine rings is 2. The van der Waals surface area contributed by atoms with Gasteiger partial charge in [0.2, 0.25) is 5.91 Å². The average Bonchev–Trinajstić information content (AvgIpc) is 2.30. The Bertz CT molecular complexity index is 238. The van der Waals surface area contributed by atoms with Gasteiger partial charge in [-0.25, -0.2) is 5.01 Å². The Morgan fingerprint density at radius 1 is 1.25 bits per heavy atom. The summed E-state index contributed by atoms with van der Waals surface area (Å²) in [6.07, 6.45) is 4.74. The minimum atomic E-state index is 0.158. The Hall–Kier alpha value is -0.610. The standard InChI is InChI=1S/C12H23N3O/c1-10-7-11(9-13-8-10)12(16)14-15-5-3-2-4-6-15/h10-11,13H,2-9H2,1H3,(H,14,16). The summed E-state index contributed by atoms with van der Waals surface area (Å²) < 4.78 is 0. The third-order valence-electron chi connectivity index (χ3n) is 3.57. The molecule has 1 amide bonds. The predicted octanol–water partition coefficient (Wildman–Crippen LogP) is 0.749. The van der Waals surface area contributed by atoms with Crippen LogP contribution in [0.2, 0.25) is 0 Å². The predicted molar refractivity (Wildman–Crippen MR) is 63.7 cm³/mol. The Labute approximate surface area is 97.7 Å². The largest absolute Gasteiger partial charge is 0.316 e. The van der Waals surface area contributed by atoms with Gasteiger partial charge < -0.3 is 5.32 Å². The molecule has 2 saturated heterocycles.